The van der Waals surface area contributed by atoms with Crippen molar-refractivity contribution in [3.05, 3.63) is 46.7 Å². The lowest BCUT2D eigenvalue weighted by Crippen LogP contribution is -2.01. The van der Waals surface area contributed by atoms with Crippen molar-refractivity contribution in [2.45, 2.75) is 13.3 Å². The van der Waals surface area contributed by atoms with Crippen LogP contribution in [0.2, 0.25) is 5.02 Å². The fourth-order valence-corrected chi connectivity index (χ4v) is 1.89. The van der Waals surface area contributed by atoms with Crippen LogP contribution < -0.4 is 5.73 Å². The smallest absolute Gasteiger partial charge is 0.0675 e. The Morgan fingerprint density at radius 1 is 1.44 bits per heavy atom. The standard InChI is InChI=1S/C12H14ClN3/c1-9-6-11(13)2-3-12(9)16-8-10(4-5-14)7-15-16/h2-3,6-8H,4-5,14H2,1H3. The Morgan fingerprint density at radius 3 is 2.94 bits per heavy atom. The van der Waals surface area contributed by atoms with Crippen molar-refractivity contribution < 1.29 is 0 Å². The van der Waals surface area contributed by atoms with Gasteiger partial charge in [-0.2, -0.15) is 5.10 Å². The summed E-state index contributed by atoms with van der Waals surface area (Å²) in [5.74, 6) is 0. The van der Waals surface area contributed by atoms with E-state index in [0.29, 0.717) is 6.54 Å². The van der Waals surface area contributed by atoms with Crippen LogP contribution in [0, 0.1) is 6.92 Å². The summed E-state index contributed by atoms with van der Waals surface area (Å²) in [5, 5.41) is 5.06. The molecule has 0 fully saturated rings. The molecule has 84 valence electrons. The lowest BCUT2D eigenvalue weighted by atomic mass is 10.2. The van der Waals surface area contributed by atoms with Gasteiger partial charge in [0.25, 0.3) is 0 Å². The second-order valence-corrected chi connectivity index (χ2v) is 4.20. The van der Waals surface area contributed by atoms with Gasteiger partial charge in [-0.25, -0.2) is 4.68 Å². The first-order chi connectivity index (χ1) is 7.70. The van der Waals surface area contributed by atoms with Crippen LogP contribution in [0.3, 0.4) is 0 Å². The maximum absolute atomic E-state index is 5.91. The first-order valence-electron chi connectivity index (χ1n) is 5.21. The van der Waals surface area contributed by atoms with E-state index in [2.05, 4.69) is 5.10 Å². The van der Waals surface area contributed by atoms with E-state index in [4.69, 9.17) is 17.3 Å². The average Bonchev–Trinajstić information content (AvgIpc) is 2.67. The van der Waals surface area contributed by atoms with Gasteiger partial charge in [0, 0.05) is 11.2 Å². The van der Waals surface area contributed by atoms with Gasteiger partial charge in [0.05, 0.1) is 11.9 Å². The summed E-state index contributed by atoms with van der Waals surface area (Å²) in [6.45, 7) is 2.66. The molecule has 3 nitrogen and oxygen atoms in total. The third kappa shape index (κ3) is 2.26. The zero-order chi connectivity index (χ0) is 11.5. The number of nitrogens with two attached hydrogens (primary N) is 1. The molecule has 1 heterocycles. The van der Waals surface area contributed by atoms with E-state index in [-0.39, 0.29) is 0 Å². The van der Waals surface area contributed by atoms with E-state index in [1.54, 1.807) is 0 Å². The molecule has 1 aromatic heterocycles. The molecule has 0 atom stereocenters. The van der Waals surface area contributed by atoms with Gasteiger partial charge in [0.1, 0.15) is 0 Å². The molecule has 4 heteroatoms. The Hall–Kier alpha value is -1.32. The molecule has 0 radical (unpaired) electrons. The molecular weight excluding hydrogens is 222 g/mol. The number of nitrogens with zero attached hydrogens (tertiary/aromatic N) is 2. The summed E-state index contributed by atoms with van der Waals surface area (Å²) < 4.78 is 1.86. The van der Waals surface area contributed by atoms with Crippen molar-refractivity contribution >= 4 is 11.6 Å². The van der Waals surface area contributed by atoms with Crippen LogP contribution in [0.4, 0.5) is 0 Å². The zero-order valence-electron chi connectivity index (χ0n) is 9.15. The second-order valence-electron chi connectivity index (χ2n) is 3.76. The monoisotopic (exact) mass is 235 g/mol. The Labute approximate surface area is 99.8 Å². The van der Waals surface area contributed by atoms with Gasteiger partial charge in [0.15, 0.2) is 0 Å². The molecule has 0 saturated carbocycles. The highest BCUT2D eigenvalue weighted by Gasteiger charge is 2.03. The highest BCUT2D eigenvalue weighted by Crippen LogP contribution is 2.18. The molecule has 1 aromatic carbocycles. The maximum atomic E-state index is 5.91. The number of benzene rings is 1. The minimum Gasteiger partial charge on any atom is -0.330 e. The number of aryl methyl sites for hydroxylation is 1. The van der Waals surface area contributed by atoms with Gasteiger partial charge in [0.2, 0.25) is 0 Å². The summed E-state index contributed by atoms with van der Waals surface area (Å²) in [6, 6.07) is 5.77. The predicted octanol–water partition coefficient (Wildman–Crippen LogP) is 2.34. The first kappa shape index (κ1) is 11.2. The number of hydrogen-bond donors (Lipinski definition) is 1. The largest absolute Gasteiger partial charge is 0.330 e. The lowest BCUT2D eigenvalue weighted by molar-refractivity contribution is 0.871. The highest BCUT2D eigenvalue weighted by molar-refractivity contribution is 6.30. The third-order valence-electron chi connectivity index (χ3n) is 2.47. The molecule has 0 saturated heterocycles. The van der Waals surface area contributed by atoms with Gasteiger partial charge < -0.3 is 5.73 Å². The van der Waals surface area contributed by atoms with Gasteiger partial charge >= 0.3 is 0 Å². The molecule has 0 spiro atoms. The van der Waals surface area contributed by atoms with Crippen molar-refractivity contribution in [3.63, 3.8) is 0 Å². The van der Waals surface area contributed by atoms with Gasteiger partial charge in [-0.15, -0.1) is 0 Å². The summed E-state index contributed by atoms with van der Waals surface area (Å²) >= 11 is 5.91. The summed E-state index contributed by atoms with van der Waals surface area (Å²) in [7, 11) is 0. The van der Waals surface area contributed by atoms with Crippen molar-refractivity contribution in [2.75, 3.05) is 6.54 Å². The van der Waals surface area contributed by atoms with Crippen molar-refractivity contribution in [1.29, 1.82) is 0 Å². The number of aromatic nitrogens is 2. The molecular formula is C12H14ClN3. The highest BCUT2D eigenvalue weighted by atomic mass is 35.5. The molecule has 2 aromatic rings. The van der Waals surface area contributed by atoms with Gasteiger partial charge in [-0.1, -0.05) is 11.6 Å². The fourth-order valence-electron chi connectivity index (χ4n) is 1.66. The molecule has 0 unspecified atom stereocenters. The van der Waals surface area contributed by atoms with Crippen LogP contribution in [-0.4, -0.2) is 16.3 Å². The third-order valence-corrected chi connectivity index (χ3v) is 2.71. The Morgan fingerprint density at radius 2 is 2.25 bits per heavy atom. The minimum atomic E-state index is 0.644. The minimum absolute atomic E-state index is 0.644. The van der Waals surface area contributed by atoms with Crippen molar-refractivity contribution in [3.8, 4) is 5.69 Å². The summed E-state index contributed by atoms with van der Waals surface area (Å²) in [5.41, 5.74) is 8.81. The van der Waals surface area contributed by atoms with E-state index < -0.39 is 0 Å². The Bertz CT molecular complexity index is 491. The summed E-state index contributed by atoms with van der Waals surface area (Å²) in [4.78, 5) is 0. The molecule has 16 heavy (non-hydrogen) atoms. The molecule has 2 N–H and O–H groups in total. The normalized spacial score (nSPS) is 10.7. The molecule has 0 aliphatic heterocycles. The summed E-state index contributed by atoms with van der Waals surface area (Å²) in [6.07, 6.45) is 4.71. The molecule has 2 rings (SSSR count). The van der Waals surface area contributed by atoms with Crippen LogP contribution in [-0.2, 0) is 6.42 Å². The molecule has 0 aliphatic carbocycles. The zero-order valence-corrected chi connectivity index (χ0v) is 9.91. The van der Waals surface area contributed by atoms with E-state index in [0.717, 1.165) is 28.3 Å². The van der Waals surface area contributed by atoms with Crippen molar-refractivity contribution in [1.82, 2.24) is 9.78 Å². The van der Waals surface area contributed by atoms with E-state index >= 15 is 0 Å². The van der Waals surface area contributed by atoms with Gasteiger partial charge in [-0.3, -0.25) is 0 Å². The topological polar surface area (TPSA) is 43.8 Å². The van der Waals surface area contributed by atoms with E-state index in [1.807, 2.05) is 42.2 Å². The van der Waals surface area contributed by atoms with Crippen LogP contribution in [0.15, 0.2) is 30.6 Å². The number of halogens is 1. The molecule has 0 bridgehead atoms. The molecule has 0 amide bonds. The second kappa shape index (κ2) is 4.68. The van der Waals surface area contributed by atoms with Gasteiger partial charge in [-0.05, 0) is 49.2 Å². The SMILES string of the molecule is Cc1cc(Cl)ccc1-n1cc(CCN)cn1. The Balaban J connectivity index is 2.35. The van der Waals surface area contributed by atoms with Crippen LogP contribution in [0.25, 0.3) is 5.69 Å². The first-order valence-corrected chi connectivity index (χ1v) is 5.58. The predicted molar refractivity (Wildman–Crippen MR) is 66.1 cm³/mol. The quantitative estimate of drug-likeness (QED) is 0.888. The number of hydrogen-bond acceptors (Lipinski definition) is 2. The van der Waals surface area contributed by atoms with Crippen LogP contribution >= 0.6 is 11.6 Å². The van der Waals surface area contributed by atoms with E-state index in [1.165, 1.54) is 0 Å². The fraction of sp³-hybridized carbons (Fsp3) is 0.250. The average molecular weight is 236 g/mol. The van der Waals surface area contributed by atoms with Crippen LogP contribution in [0.5, 0.6) is 0 Å². The lowest BCUT2D eigenvalue weighted by Gasteiger charge is -2.05. The maximum Gasteiger partial charge on any atom is 0.0675 e. The van der Waals surface area contributed by atoms with E-state index in [9.17, 15) is 0 Å². The Kier molecular flexibility index (Phi) is 3.27. The van der Waals surface area contributed by atoms with Crippen molar-refractivity contribution in [2.24, 2.45) is 5.73 Å². The van der Waals surface area contributed by atoms with Crippen LogP contribution in [0.1, 0.15) is 11.1 Å². The molecule has 0 aliphatic rings. The number of rotatable bonds is 3.